The van der Waals surface area contributed by atoms with Crippen molar-refractivity contribution in [3.05, 3.63) is 30.3 Å². The molecule has 0 radical (unpaired) electrons. The highest BCUT2D eigenvalue weighted by atomic mass is 32.2. The summed E-state index contributed by atoms with van der Waals surface area (Å²) in [5.41, 5.74) is 0.914. The second-order valence-electron chi connectivity index (χ2n) is 4.19. The van der Waals surface area contributed by atoms with Gasteiger partial charge in [0.2, 0.25) is 5.17 Å². The Hall–Kier alpha value is -2.12. The van der Waals surface area contributed by atoms with Crippen LogP contribution in [0.15, 0.2) is 40.3 Å². The van der Waals surface area contributed by atoms with Crippen molar-refractivity contribution in [2.45, 2.75) is 4.90 Å². The highest BCUT2D eigenvalue weighted by molar-refractivity contribution is 8.13. The van der Waals surface area contributed by atoms with E-state index in [0.29, 0.717) is 10.1 Å². The van der Waals surface area contributed by atoms with E-state index in [0.717, 1.165) is 16.5 Å². The number of fused-ring (bicyclic) bond motifs is 1. The first-order chi connectivity index (χ1) is 9.58. The molecule has 0 spiro atoms. The number of nitrogens with zero attached hydrogens (tertiary/aromatic N) is 2. The van der Waals surface area contributed by atoms with Crippen LogP contribution in [0, 0.1) is 0 Å². The van der Waals surface area contributed by atoms with Crippen molar-refractivity contribution in [3.63, 3.8) is 0 Å². The Labute approximate surface area is 121 Å². The first-order valence-electron chi connectivity index (χ1n) is 5.95. The Morgan fingerprint density at radius 3 is 2.55 bits per heavy atom. The number of amidine groups is 1. The van der Waals surface area contributed by atoms with Crippen LogP contribution < -0.4 is 17.0 Å². The van der Waals surface area contributed by atoms with Crippen LogP contribution in [0.2, 0.25) is 0 Å². The minimum atomic E-state index is 0.188. The molecule has 2 aromatic rings. The zero-order valence-corrected chi connectivity index (χ0v) is 12.1. The van der Waals surface area contributed by atoms with Crippen molar-refractivity contribution in [2.75, 3.05) is 19.4 Å². The third-order valence-corrected chi connectivity index (χ3v) is 3.97. The van der Waals surface area contributed by atoms with Crippen LogP contribution in [0.4, 0.5) is 5.69 Å². The van der Waals surface area contributed by atoms with Gasteiger partial charge in [-0.2, -0.15) is 5.10 Å². The maximum Gasteiger partial charge on any atom is 0.201 e. The number of benzene rings is 2. The smallest absolute Gasteiger partial charge is 0.201 e. The number of rotatable bonds is 2. The summed E-state index contributed by atoms with van der Waals surface area (Å²) in [5.74, 6) is 11.1. The van der Waals surface area contributed by atoms with Crippen LogP contribution in [-0.4, -0.2) is 29.4 Å². The lowest BCUT2D eigenvalue weighted by atomic mass is 10.1. The fourth-order valence-corrected chi connectivity index (χ4v) is 2.68. The Balaban J connectivity index is 2.57. The summed E-state index contributed by atoms with van der Waals surface area (Å²) in [7, 11) is 3.47. The lowest BCUT2D eigenvalue weighted by molar-refractivity contribution is 0.469. The number of nitrogens with one attached hydrogen (secondary N) is 1. The second-order valence-corrected chi connectivity index (χ2v) is 5.20. The molecule has 0 atom stereocenters. The molecule has 0 fully saturated rings. The molecule has 0 bridgehead atoms. The average Bonchev–Trinajstić information content (AvgIpc) is 2.46. The number of phenolic OH excluding ortho intramolecular Hbond substituents is 1. The van der Waals surface area contributed by atoms with E-state index in [-0.39, 0.29) is 5.75 Å². The molecule has 0 aliphatic heterocycles. The zero-order valence-electron chi connectivity index (χ0n) is 11.3. The van der Waals surface area contributed by atoms with Crippen LogP contribution >= 0.6 is 11.8 Å². The molecule has 2 rings (SSSR count). The molecule has 106 valence electrons. The summed E-state index contributed by atoms with van der Waals surface area (Å²) in [6.45, 7) is 0. The van der Waals surface area contributed by atoms with Gasteiger partial charge in [-0.3, -0.25) is 5.01 Å². The third-order valence-electron chi connectivity index (χ3n) is 2.86. The minimum Gasteiger partial charge on any atom is -0.506 e. The van der Waals surface area contributed by atoms with E-state index in [9.17, 15) is 5.11 Å². The molecular weight excluding hydrogens is 274 g/mol. The van der Waals surface area contributed by atoms with Crippen LogP contribution in [0.5, 0.6) is 5.75 Å². The predicted molar refractivity (Wildman–Crippen MR) is 84.6 cm³/mol. The molecule has 2 aromatic carbocycles. The Morgan fingerprint density at radius 2 is 2.00 bits per heavy atom. The molecular formula is C13H17N5OS. The van der Waals surface area contributed by atoms with Crippen molar-refractivity contribution >= 4 is 33.4 Å². The van der Waals surface area contributed by atoms with Crippen LogP contribution in [0.1, 0.15) is 0 Å². The molecule has 0 saturated heterocycles. The highest BCUT2D eigenvalue weighted by Gasteiger charge is 2.14. The summed E-state index contributed by atoms with van der Waals surface area (Å²) in [6, 6.07) is 9.46. The van der Waals surface area contributed by atoms with E-state index < -0.39 is 0 Å². The van der Waals surface area contributed by atoms with Gasteiger partial charge in [0.15, 0.2) is 0 Å². The van der Waals surface area contributed by atoms with Crippen molar-refractivity contribution in [1.29, 1.82) is 0 Å². The van der Waals surface area contributed by atoms with Crippen molar-refractivity contribution in [2.24, 2.45) is 16.8 Å². The molecule has 0 heterocycles. The second kappa shape index (κ2) is 5.89. The van der Waals surface area contributed by atoms with Gasteiger partial charge in [-0.15, -0.1) is 0 Å². The van der Waals surface area contributed by atoms with Gasteiger partial charge in [0.25, 0.3) is 0 Å². The number of hydrogen-bond donors (Lipinski definition) is 4. The van der Waals surface area contributed by atoms with Gasteiger partial charge in [0.05, 0.1) is 4.90 Å². The van der Waals surface area contributed by atoms with Gasteiger partial charge in [-0.05, 0) is 17.8 Å². The molecule has 20 heavy (non-hydrogen) atoms. The quantitative estimate of drug-likeness (QED) is 0.168. The van der Waals surface area contributed by atoms with Crippen LogP contribution in [0.3, 0.4) is 0 Å². The molecule has 7 heteroatoms. The molecule has 0 aliphatic rings. The lowest BCUT2D eigenvalue weighted by Crippen LogP contribution is -2.31. The van der Waals surface area contributed by atoms with Crippen LogP contribution in [-0.2, 0) is 0 Å². The summed E-state index contributed by atoms with van der Waals surface area (Å²) in [5, 5.41) is 20.5. The van der Waals surface area contributed by atoms with Gasteiger partial charge < -0.3 is 16.3 Å². The van der Waals surface area contributed by atoms with E-state index in [2.05, 4.69) is 10.4 Å². The van der Waals surface area contributed by atoms with Crippen molar-refractivity contribution < 1.29 is 5.11 Å². The molecule has 6 N–H and O–H groups in total. The molecule has 0 amide bonds. The highest BCUT2D eigenvalue weighted by Crippen LogP contribution is 2.40. The summed E-state index contributed by atoms with van der Waals surface area (Å²) in [4.78, 5) is 0.634. The van der Waals surface area contributed by atoms with E-state index in [4.69, 9.17) is 11.7 Å². The number of thioether (sulfide) groups is 1. The Bertz CT molecular complexity index is 656. The monoisotopic (exact) mass is 291 g/mol. The maximum atomic E-state index is 10.4. The number of aromatic hydroxyl groups is 1. The fourth-order valence-electron chi connectivity index (χ4n) is 1.91. The van der Waals surface area contributed by atoms with Crippen LogP contribution in [0.25, 0.3) is 10.8 Å². The number of hydrazone groups is 1. The lowest BCUT2D eigenvalue weighted by Gasteiger charge is -2.16. The fraction of sp³-hybridized carbons (Fsp3) is 0.154. The summed E-state index contributed by atoms with van der Waals surface area (Å²) in [6.07, 6.45) is 0. The predicted octanol–water partition coefficient (Wildman–Crippen LogP) is 1.71. The largest absolute Gasteiger partial charge is 0.506 e. The van der Waals surface area contributed by atoms with Gasteiger partial charge in [-0.1, -0.05) is 24.3 Å². The van der Waals surface area contributed by atoms with E-state index in [1.54, 1.807) is 7.05 Å². The minimum absolute atomic E-state index is 0.188. The summed E-state index contributed by atoms with van der Waals surface area (Å²) < 4.78 is 0. The number of nitrogens with two attached hydrogens (primary N) is 2. The maximum absolute atomic E-state index is 10.4. The number of phenols is 1. The van der Waals surface area contributed by atoms with Gasteiger partial charge in [-0.25, -0.2) is 5.84 Å². The number of hydrogen-bond acceptors (Lipinski definition) is 6. The van der Waals surface area contributed by atoms with Gasteiger partial charge in [0, 0.05) is 30.6 Å². The summed E-state index contributed by atoms with van der Waals surface area (Å²) >= 11 is 1.20. The first kappa shape index (κ1) is 14.3. The van der Waals surface area contributed by atoms with Crippen molar-refractivity contribution in [3.8, 4) is 5.75 Å². The normalized spacial score (nSPS) is 11.7. The number of anilines is 1. The standard InChI is InChI=1S/C13H17N5OS/c1-16-10-7-11(20-13(17-14)18(2)15)12(19)9-6-4-3-5-8(9)10/h3-7,16,19H,14-15H2,1-2H3/b17-13+. The van der Waals surface area contributed by atoms with Gasteiger partial charge >= 0.3 is 0 Å². The Morgan fingerprint density at radius 1 is 1.35 bits per heavy atom. The molecule has 0 unspecified atom stereocenters. The van der Waals surface area contributed by atoms with E-state index in [1.807, 2.05) is 37.4 Å². The molecule has 0 aliphatic carbocycles. The third kappa shape index (κ3) is 2.59. The zero-order chi connectivity index (χ0) is 14.7. The van der Waals surface area contributed by atoms with E-state index >= 15 is 0 Å². The average molecular weight is 291 g/mol. The topological polar surface area (TPSA) is 99.9 Å². The first-order valence-corrected chi connectivity index (χ1v) is 6.76. The van der Waals surface area contributed by atoms with Crippen molar-refractivity contribution in [1.82, 2.24) is 5.01 Å². The molecule has 6 nitrogen and oxygen atoms in total. The molecule has 0 aromatic heterocycles. The van der Waals surface area contributed by atoms with E-state index in [1.165, 1.54) is 16.8 Å². The molecule has 0 saturated carbocycles. The Kier molecular flexibility index (Phi) is 4.21. The van der Waals surface area contributed by atoms with Gasteiger partial charge in [0.1, 0.15) is 5.75 Å². The number of hydrazine groups is 1. The SMILES string of the molecule is CNc1cc(S/C(=N/N)N(C)N)c(O)c2ccccc12.